The molecule has 0 aromatic rings. The SMILES string of the molecule is CC(C)N1[CH-]CCC1.[Rb+]. The van der Waals surface area contributed by atoms with Gasteiger partial charge in [0.25, 0.3) is 0 Å². The molecule has 0 saturated carbocycles. The average molecular weight is 198 g/mol. The molecule has 1 rings (SSSR count). The summed E-state index contributed by atoms with van der Waals surface area (Å²) < 4.78 is 0. The third kappa shape index (κ3) is 3.61. The minimum Gasteiger partial charge on any atom is -0.454 e. The van der Waals surface area contributed by atoms with E-state index in [0.717, 1.165) is 6.04 Å². The molecule has 0 radical (unpaired) electrons. The van der Waals surface area contributed by atoms with Crippen LogP contribution in [0.25, 0.3) is 0 Å². The van der Waals surface area contributed by atoms with Crippen LogP contribution in [0, 0.1) is 6.54 Å². The van der Waals surface area contributed by atoms with Crippen molar-refractivity contribution < 1.29 is 58.2 Å². The van der Waals surface area contributed by atoms with E-state index < -0.39 is 0 Å². The van der Waals surface area contributed by atoms with Gasteiger partial charge >= 0.3 is 58.2 Å². The minimum atomic E-state index is 0. The van der Waals surface area contributed by atoms with E-state index in [2.05, 4.69) is 25.3 Å². The van der Waals surface area contributed by atoms with Gasteiger partial charge in [0.2, 0.25) is 0 Å². The van der Waals surface area contributed by atoms with E-state index in [4.69, 9.17) is 0 Å². The summed E-state index contributed by atoms with van der Waals surface area (Å²) in [7, 11) is 0. The summed E-state index contributed by atoms with van der Waals surface area (Å²) in [6.07, 6.45) is 2.65. The predicted molar refractivity (Wildman–Crippen MR) is 35.4 cm³/mol. The third-order valence-corrected chi connectivity index (χ3v) is 1.65. The Morgan fingerprint density at radius 2 is 2.11 bits per heavy atom. The van der Waals surface area contributed by atoms with Gasteiger partial charge in [-0.05, 0) is 12.6 Å². The fraction of sp³-hybridized carbons (Fsp3) is 0.857. The van der Waals surface area contributed by atoms with Crippen molar-refractivity contribution in [2.75, 3.05) is 6.54 Å². The summed E-state index contributed by atoms with van der Waals surface area (Å²) in [6, 6.07) is 0.720. The maximum absolute atomic E-state index is 2.40. The number of hydrogen-bond acceptors (Lipinski definition) is 1. The fourth-order valence-corrected chi connectivity index (χ4v) is 1.09. The van der Waals surface area contributed by atoms with Crippen LogP contribution >= 0.6 is 0 Å². The Morgan fingerprint density at radius 1 is 1.44 bits per heavy atom. The second kappa shape index (κ2) is 5.42. The summed E-state index contributed by atoms with van der Waals surface area (Å²) in [5, 5.41) is 0. The first kappa shape index (κ1) is 10.8. The van der Waals surface area contributed by atoms with Crippen LogP contribution in [0.15, 0.2) is 0 Å². The quantitative estimate of drug-likeness (QED) is 0.471. The molecule has 0 atom stereocenters. The predicted octanol–water partition coefficient (Wildman–Crippen LogP) is -1.34. The van der Waals surface area contributed by atoms with Crippen molar-refractivity contribution in [2.24, 2.45) is 0 Å². The molecule has 1 aliphatic heterocycles. The van der Waals surface area contributed by atoms with Crippen LogP contribution in [0.3, 0.4) is 0 Å². The van der Waals surface area contributed by atoms with Crippen LogP contribution in [0.4, 0.5) is 0 Å². The van der Waals surface area contributed by atoms with Gasteiger partial charge in [-0.25, -0.2) is 0 Å². The number of rotatable bonds is 1. The van der Waals surface area contributed by atoms with E-state index in [0.29, 0.717) is 0 Å². The molecule has 0 bridgehead atoms. The number of nitrogens with zero attached hydrogens (tertiary/aromatic N) is 1. The maximum Gasteiger partial charge on any atom is 1.00 e. The van der Waals surface area contributed by atoms with Gasteiger partial charge in [0.05, 0.1) is 0 Å². The smallest absolute Gasteiger partial charge is 0.454 e. The third-order valence-electron chi connectivity index (χ3n) is 1.65. The standard InChI is InChI=1S/C7H14N.Rb/c1-7(2)8-5-3-4-6-8;/h5,7H,3-4,6H2,1-2H3;/q-1;+1. The van der Waals surface area contributed by atoms with E-state index in [-0.39, 0.29) is 58.2 Å². The zero-order chi connectivity index (χ0) is 5.98. The van der Waals surface area contributed by atoms with E-state index in [9.17, 15) is 0 Å². The van der Waals surface area contributed by atoms with Crippen molar-refractivity contribution >= 4 is 0 Å². The van der Waals surface area contributed by atoms with Crippen molar-refractivity contribution in [2.45, 2.75) is 32.7 Å². The van der Waals surface area contributed by atoms with Crippen LogP contribution in [-0.2, 0) is 0 Å². The van der Waals surface area contributed by atoms with Gasteiger partial charge in [-0.3, -0.25) is 6.54 Å². The van der Waals surface area contributed by atoms with Gasteiger partial charge in [0, 0.05) is 0 Å². The second-order valence-electron chi connectivity index (χ2n) is 2.66. The van der Waals surface area contributed by atoms with Gasteiger partial charge in [0.1, 0.15) is 0 Å². The molecular weight excluding hydrogens is 184 g/mol. The molecule has 1 aliphatic rings. The van der Waals surface area contributed by atoms with Crippen LogP contribution in [-0.4, -0.2) is 17.5 Å². The molecule has 0 N–H and O–H groups in total. The van der Waals surface area contributed by atoms with Crippen LogP contribution in [0.2, 0.25) is 0 Å². The summed E-state index contributed by atoms with van der Waals surface area (Å²) in [5.41, 5.74) is 0. The molecule has 0 spiro atoms. The van der Waals surface area contributed by atoms with Crippen molar-refractivity contribution in [1.82, 2.24) is 4.90 Å². The largest absolute Gasteiger partial charge is 1.00 e. The van der Waals surface area contributed by atoms with Crippen LogP contribution in [0.5, 0.6) is 0 Å². The maximum atomic E-state index is 2.40. The molecule has 1 saturated heterocycles. The second-order valence-corrected chi connectivity index (χ2v) is 2.66. The molecule has 0 aromatic heterocycles. The van der Waals surface area contributed by atoms with Crippen molar-refractivity contribution in [1.29, 1.82) is 0 Å². The van der Waals surface area contributed by atoms with E-state index >= 15 is 0 Å². The zero-order valence-electron chi connectivity index (χ0n) is 6.72. The molecule has 48 valence electrons. The minimum absolute atomic E-state index is 0. The van der Waals surface area contributed by atoms with Crippen molar-refractivity contribution in [3.63, 3.8) is 0 Å². The molecule has 0 amide bonds. The van der Waals surface area contributed by atoms with E-state index in [1.54, 1.807) is 0 Å². The topological polar surface area (TPSA) is 3.24 Å². The first-order chi connectivity index (χ1) is 3.80. The van der Waals surface area contributed by atoms with Crippen molar-refractivity contribution in [3.8, 4) is 0 Å². The Balaban J connectivity index is 0.000000640. The number of likely N-dealkylation sites (tertiary alicyclic amines) is 1. The van der Waals surface area contributed by atoms with Gasteiger partial charge in [-0.2, -0.15) is 6.42 Å². The Hall–Kier alpha value is 1.77. The first-order valence-corrected chi connectivity index (χ1v) is 3.40. The average Bonchev–Trinajstić information content (AvgIpc) is 2.12. The number of hydrogen-bond donors (Lipinski definition) is 0. The molecule has 0 unspecified atom stereocenters. The zero-order valence-corrected chi connectivity index (χ0v) is 11.6. The Morgan fingerprint density at radius 3 is 2.33 bits per heavy atom. The molecule has 9 heavy (non-hydrogen) atoms. The van der Waals surface area contributed by atoms with Gasteiger partial charge in [-0.1, -0.05) is 20.3 Å². The van der Waals surface area contributed by atoms with E-state index in [1.165, 1.54) is 19.4 Å². The summed E-state index contributed by atoms with van der Waals surface area (Å²) in [6.45, 7) is 8.06. The Labute approximate surface area is 107 Å². The normalized spacial score (nSPS) is 20.3. The summed E-state index contributed by atoms with van der Waals surface area (Å²) in [5.74, 6) is 0. The fourth-order valence-electron chi connectivity index (χ4n) is 1.09. The van der Waals surface area contributed by atoms with Gasteiger partial charge in [-0.15, -0.1) is 0 Å². The molecule has 1 fully saturated rings. The molecular formula is C7H14NRb. The van der Waals surface area contributed by atoms with Gasteiger partial charge in [0.15, 0.2) is 0 Å². The molecule has 1 nitrogen and oxygen atoms in total. The summed E-state index contributed by atoms with van der Waals surface area (Å²) >= 11 is 0. The Bertz CT molecular complexity index is 67.3. The first-order valence-electron chi connectivity index (χ1n) is 3.40. The van der Waals surface area contributed by atoms with E-state index in [1.807, 2.05) is 0 Å². The Kier molecular flexibility index (Phi) is 6.48. The van der Waals surface area contributed by atoms with Crippen LogP contribution in [0.1, 0.15) is 26.7 Å². The molecule has 1 heterocycles. The monoisotopic (exact) mass is 197 g/mol. The summed E-state index contributed by atoms with van der Waals surface area (Å²) in [4.78, 5) is 2.40. The molecule has 0 aliphatic carbocycles. The molecule has 2 heteroatoms. The van der Waals surface area contributed by atoms with Crippen LogP contribution < -0.4 is 58.2 Å². The van der Waals surface area contributed by atoms with Gasteiger partial charge < -0.3 is 4.90 Å². The van der Waals surface area contributed by atoms with Crippen molar-refractivity contribution in [3.05, 3.63) is 6.54 Å². The molecule has 0 aromatic carbocycles.